The Labute approximate surface area is 146 Å². The molecule has 1 saturated heterocycles. The lowest BCUT2D eigenvalue weighted by Gasteiger charge is -2.34. The van der Waals surface area contributed by atoms with Crippen LogP contribution in [0.5, 0.6) is 0 Å². The van der Waals surface area contributed by atoms with E-state index >= 15 is 0 Å². The fourth-order valence-corrected chi connectivity index (χ4v) is 3.95. The largest absolute Gasteiger partial charge is 0.354 e. The standard InChI is InChI=1S/C17H19N5O2S/c1-25(23,24)21-11-9-20(10-12-21)17-13-15(14-5-3-2-4-6-14)19-16-7-8-18-22(16)17/h2-8,13H,9-12H2,1H3. The van der Waals surface area contributed by atoms with Gasteiger partial charge in [-0.1, -0.05) is 30.3 Å². The van der Waals surface area contributed by atoms with E-state index in [0.29, 0.717) is 26.2 Å². The average Bonchev–Trinajstić information content (AvgIpc) is 3.09. The quantitative estimate of drug-likeness (QED) is 0.710. The van der Waals surface area contributed by atoms with Gasteiger partial charge in [-0.15, -0.1) is 0 Å². The molecule has 0 unspecified atom stereocenters. The Hall–Kier alpha value is -2.45. The van der Waals surface area contributed by atoms with E-state index in [1.165, 1.54) is 10.6 Å². The first-order chi connectivity index (χ1) is 12.0. The SMILES string of the molecule is CS(=O)(=O)N1CCN(c2cc(-c3ccccc3)nc3ccnn23)CC1. The van der Waals surface area contributed by atoms with Crippen molar-refractivity contribution in [3.8, 4) is 11.3 Å². The molecule has 1 aliphatic rings. The highest BCUT2D eigenvalue weighted by atomic mass is 32.2. The van der Waals surface area contributed by atoms with Crippen molar-refractivity contribution in [2.24, 2.45) is 0 Å². The topological polar surface area (TPSA) is 70.8 Å². The molecular formula is C17H19N5O2S. The number of sulfonamides is 1. The van der Waals surface area contributed by atoms with Crippen LogP contribution in [0.3, 0.4) is 0 Å². The molecule has 130 valence electrons. The van der Waals surface area contributed by atoms with Gasteiger partial charge in [0.15, 0.2) is 5.65 Å². The summed E-state index contributed by atoms with van der Waals surface area (Å²) in [6, 6.07) is 13.9. The Morgan fingerprint density at radius 3 is 2.40 bits per heavy atom. The van der Waals surface area contributed by atoms with Gasteiger partial charge in [0.2, 0.25) is 10.0 Å². The molecule has 25 heavy (non-hydrogen) atoms. The van der Waals surface area contributed by atoms with Crippen molar-refractivity contribution >= 4 is 21.5 Å². The number of rotatable bonds is 3. The van der Waals surface area contributed by atoms with Crippen molar-refractivity contribution in [1.82, 2.24) is 18.9 Å². The van der Waals surface area contributed by atoms with Crippen molar-refractivity contribution in [3.05, 3.63) is 48.7 Å². The van der Waals surface area contributed by atoms with E-state index in [9.17, 15) is 8.42 Å². The zero-order valence-corrected chi connectivity index (χ0v) is 14.7. The molecule has 0 bridgehead atoms. The minimum atomic E-state index is -3.14. The first kappa shape index (κ1) is 16.0. The molecule has 3 aromatic rings. The third-order valence-corrected chi connectivity index (χ3v) is 5.74. The number of aromatic nitrogens is 3. The molecule has 3 heterocycles. The summed E-state index contributed by atoms with van der Waals surface area (Å²) in [6.07, 6.45) is 2.99. The summed E-state index contributed by atoms with van der Waals surface area (Å²) in [7, 11) is -3.14. The Bertz CT molecular complexity index is 992. The zero-order valence-electron chi connectivity index (χ0n) is 13.9. The molecule has 4 rings (SSSR count). The van der Waals surface area contributed by atoms with Crippen LogP contribution in [0.4, 0.5) is 5.82 Å². The van der Waals surface area contributed by atoms with Gasteiger partial charge in [0.1, 0.15) is 5.82 Å². The lowest BCUT2D eigenvalue weighted by molar-refractivity contribution is 0.386. The summed E-state index contributed by atoms with van der Waals surface area (Å²) >= 11 is 0. The highest BCUT2D eigenvalue weighted by Crippen LogP contribution is 2.25. The van der Waals surface area contributed by atoms with Crippen molar-refractivity contribution in [1.29, 1.82) is 0 Å². The number of anilines is 1. The van der Waals surface area contributed by atoms with Crippen LogP contribution < -0.4 is 4.90 Å². The van der Waals surface area contributed by atoms with Crippen LogP contribution in [-0.4, -0.2) is 59.8 Å². The summed E-state index contributed by atoms with van der Waals surface area (Å²) in [5.74, 6) is 0.932. The smallest absolute Gasteiger partial charge is 0.211 e. The Kier molecular flexibility index (Phi) is 3.93. The van der Waals surface area contributed by atoms with Crippen LogP contribution in [0.1, 0.15) is 0 Å². The van der Waals surface area contributed by atoms with Gasteiger partial charge in [0, 0.05) is 43.9 Å². The molecule has 1 fully saturated rings. The fraction of sp³-hybridized carbons (Fsp3) is 0.294. The second-order valence-electron chi connectivity index (χ2n) is 6.12. The number of hydrogen-bond donors (Lipinski definition) is 0. The van der Waals surface area contributed by atoms with Crippen molar-refractivity contribution in [3.63, 3.8) is 0 Å². The summed E-state index contributed by atoms with van der Waals surface area (Å²) in [4.78, 5) is 6.85. The molecule has 1 aliphatic heterocycles. The van der Waals surface area contributed by atoms with E-state index in [0.717, 1.165) is 22.7 Å². The average molecular weight is 357 g/mol. The van der Waals surface area contributed by atoms with Gasteiger partial charge in [-0.2, -0.15) is 13.9 Å². The molecule has 7 nitrogen and oxygen atoms in total. The van der Waals surface area contributed by atoms with Crippen LogP contribution in [-0.2, 0) is 10.0 Å². The molecule has 0 aliphatic carbocycles. The van der Waals surface area contributed by atoms with E-state index in [1.807, 2.05) is 47.0 Å². The summed E-state index contributed by atoms with van der Waals surface area (Å²) in [6.45, 7) is 2.20. The Balaban J connectivity index is 1.71. The molecule has 2 aromatic heterocycles. The maximum atomic E-state index is 11.7. The normalized spacial score (nSPS) is 16.4. The highest BCUT2D eigenvalue weighted by Gasteiger charge is 2.25. The maximum Gasteiger partial charge on any atom is 0.211 e. The van der Waals surface area contributed by atoms with Gasteiger partial charge in [-0.3, -0.25) is 0 Å². The molecule has 1 aromatic carbocycles. The van der Waals surface area contributed by atoms with Crippen LogP contribution in [0.2, 0.25) is 0 Å². The second-order valence-corrected chi connectivity index (χ2v) is 8.10. The van der Waals surface area contributed by atoms with Gasteiger partial charge < -0.3 is 4.90 Å². The van der Waals surface area contributed by atoms with Crippen LogP contribution in [0.15, 0.2) is 48.7 Å². The van der Waals surface area contributed by atoms with Crippen molar-refractivity contribution < 1.29 is 8.42 Å². The number of fused-ring (bicyclic) bond motifs is 1. The first-order valence-electron chi connectivity index (χ1n) is 8.13. The van der Waals surface area contributed by atoms with Gasteiger partial charge in [-0.25, -0.2) is 13.4 Å². The summed E-state index contributed by atoms with van der Waals surface area (Å²) in [5.41, 5.74) is 2.71. The predicted molar refractivity (Wildman–Crippen MR) is 97.1 cm³/mol. The first-order valence-corrected chi connectivity index (χ1v) is 9.97. The van der Waals surface area contributed by atoms with E-state index in [1.54, 1.807) is 6.20 Å². The van der Waals surface area contributed by atoms with Gasteiger partial charge in [0.25, 0.3) is 0 Å². The molecule has 0 N–H and O–H groups in total. The molecule has 0 spiro atoms. The van der Waals surface area contributed by atoms with E-state index in [2.05, 4.69) is 15.0 Å². The molecule has 0 radical (unpaired) electrons. The summed E-state index contributed by atoms with van der Waals surface area (Å²) < 4.78 is 26.8. The Morgan fingerprint density at radius 1 is 1.00 bits per heavy atom. The minimum Gasteiger partial charge on any atom is -0.354 e. The molecule has 0 atom stereocenters. The van der Waals surface area contributed by atoms with E-state index in [-0.39, 0.29) is 0 Å². The van der Waals surface area contributed by atoms with Gasteiger partial charge in [0.05, 0.1) is 18.1 Å². The minimum absolute atomic E-state index is 0.477. The number of hydrogen-bond acceptors (Lipinski definition) is 5. The van der Waals surface area contributed by atoms with Crippen LogP contribution in [0, 0.1) is 0 Å². The van der Waals surface area contributed by atoms with Crippen LogP contribution in [0.25, 0.3) is 16.9 Å². The number of piperazine rings is 1. The molecule has 0 amide bonds. The maximum absolute atomic E-state index is 11.7. The van der Waals surface area contributed by atoms with Gasteiger partial charge in [-0.05, 0) is 0 Å². The molecule has 8 heteroatoms. The molecular weight excluding hydrogens is 338 g/mol. The van der Waals surface area contributed by atoms with Crippen molar-refractivity contribution in [2.45, 2.75) is 0 Å². The van der Waals surface area contributed by atoms with E-state index in [4.69, 9.17) is 0 Å². The predicted octanol–water partition coefficient (Wildman–Crippen LogP) is 1.48. The second kappa shape index (κ2) is 6.12. The summed E-state index contributed by atoms with van der Waals surface area (Å²) in [5, 5.41) is 4.38. The highest BCUT2D eigenvalue weighted by molar-refractivity contribution is 7.88. The van der Waals surface area contributed by atoms with Crippen molar-refractivity contribution in [2.75, 3.05) is 37.3 Å². The third kappa shape index (κ3) is 3.10. The lowest BCUT2D eigenvalue weighted by atomic mass is 10.1. The number of benzene rings is 1. The monoisotopic (exact) mass is 357 g/mol. The molecule has 0 saturated carbocycles. The van der Waals surface area contributed by atoms with Gasteiger partial charge >= 0.3 is 0 Å². The Morgan fingerprint density at radius 2 is 1.72 bits per heavy atom. The lowest BCUT2D eigenvalue weighted by Crippen LogP contribution is -2.48. The third-order valence-electron chi connectivity index (χ3n) is 4.44. The number of nitrogens with zero attached hydrogens (tertiary/aromatic N) is 5. The van der Waals surface area contributed by atoms with Crippen LogP contribution >= 0.6 is 0 Å². The van der Waals surface area contributed by atoms with E-state index < -0.39 is 10.0 Å². The zero-order chi connectivity index (χ0) is 17.4. The fourth-order valence-electron chi connectivity index (χ4n) is 3.13.